The number of aryl methyl sites for hydroxylation is 1. The fraction of sp³-hybridized carbons (Fsp3) is 0.273. The van der Waals surface area contributed by atoms with Crippen LogP contribution in [-0.4, -0.2) is 11.1 Å². The lowest BCUT2D eigenvalue weighted by Gasteiger charge is -1.96. The van der Waals surface area contributed by atoms with E-state index in [-0.39, 0.29) is 12.4 Å². The third kappa shape index (κ3) is 2.28. The highest BCUT2D eigenvalue weighted by molar-refractivity contribution is 6.31. The van der Waals surface area contributed by atoms with Gasteiger partial charge < -0.3 is 10.3 Å². The maximum absolute atomic E-state index is 5.96. The highest BCUT2D eigenvalue weighted by atomic mass is 35.5. The molecule has 0 saturated heterocycles. The van der Waals surface area contributed by atoms with Gasteiger partial charge in [-0.2, -0.15) is 0 Å². The van der Waals surface area contributed by atoms with Gasteiger partial charge in [0.15, 0.2) is 0 Å². The van der Waals surface area contributed by atoms with Gasteiger partial charge in [0.2, 0.25) is 0 Å². The van der Waals surface area contributed by atoms with Crippen molar-refractivity contribution in [3.8, 4) is 0 Å². The Bertz CT molecular complexity index is 463. The summed E-state index contributed by atoms with van der Waals surface area (Å²) in [5, 5.41) is 1.99. The second kappa shape index (κ2) is 4.88. The molecule has 0 spiro atoms. The van der Waals surface area contributed by atoms with Gasteiger partial charge in [-0.3, -0.25) is 0 Å². The summed E-state index contributed by atoms with van der Waals surface area (Å²) in [5.41, 5.74) is 8.03. The minimum atomic E-state index is 0. The van der Waals surface area contributed by atoms with Crippen molar-refractivity contribution in [2.45, 2.75) is 6.42 Å². The molecule has 15 heavy (non-hydrogen) atoms. The smallest absolute Gasteiger partial charge is 0.0481 e. The first-order valence-corrected chi connectivity index (χ1v) is 5.03. The normalized spacial score (nSPS) is 10.3. The van der Waals surface area contributed by atoms with Crippen LogP contribution in [0.2, 0.25) is 5.02 Å². The summed E-state index contributed by atoms with van der Waals surface area (Å²) in [6.07, 6.45) is 3.02. The van der Waals surface area contributed by atoms with E-state index in [2.05, 4.69) is 10.8 Å². The number of benzene rings is 1. The third-order valence-electron chi connectivity index (χ3n) is 2.45. The molecular weight excluding hydrogens is 231 g/mol. The lowest BCUT2D eigenvalue weighted by molar-refractivity contribution is 0.929. The van der Waals surface area contributed by atoms with Crippen molar-refractivity contribution < 1.29 is 0 Å². The van der Waals surface area contributed by atoms with Gasteiger partial charge >= 0.3 is 0 Å². The molecule has 2 N–H and O–H groups in total. The van der Waals surface area contributed by atoms with E-state index < -0.39 is 0 Å². The summed E-state index contributed by atoms with van der Waals surface area (Å²) in [4.78, 5) is 0. The Morgan fingerprint density at radius 1 is 1.40 bits per heavy atom. The van der Waals surface area contributed by atoms with Crippen molar-refractivity contribution >= 4 is 34.9 Å². The summed E-state index contributed by atoms with van der Waals surface area (Å²) in [6.45, 7) is 0.672. The third-order valence-corrected chi connectivity index (χ3v) is 2.68. The Labute approximate surface area is 100 Å². The maximum atomic E-state index is 5.96. The van der Waals surface area contributed by atoms with Crippen LogP contribution >= 0.6 is 24.0 Å². The summed E-state index contributed by atoms with van der Waals surface area (Å²) < 4.78 is 2.11. The minimum Gasteiger partial charge on any atom is -0.350 e. The van der Waals surface area contributed by atoms with Gasteiger partial charge in [0.05, 0.1) is 0 Å². The zero-order chi connectivity index (χ0) is 10.1. The largest absolute Gasteiger partial charge is 0.350 e. The molecule has 0 atom stereocenters. The molecule has 0 amide bonds. The van der Waals surface area contributed by atoms with Crippen LogP contribution in [0.3, 0.4) is 0 Å². The Balaban J connectivity index is 0.00000112. The van der Waals surface area contributed by atoms with Gasteiger partial charge in [-0.15, -0.1) is 12.4 Å². The molecule has 0 aliphatic rings. The van der Waals surface area contributed by atoms with Crippen LogP contribution in [0.25, 0.3) is 10.9 Å². The molecule has 82 valence electrons. The molecule has 0 fully saturated rings. The lowest BCUT2D eigenvalue weighted by Crippen LogP contribution is -2.01. The van der Waals surface area contributed by atoms with E-state index in [0.717, 1.165) is 11.4 Å². The van der Waals surface area contributed by atoms with Crippen molar-refractivity contribution in [2.75, 3.05) is 6.54 Å². The van der Waals surface area contributed by atoms with Gasteiger partial charge in [0.1, 0.15) is 0 Å². The molecule has 0 saturated carbocycles. The van der Waals surface area contributed by atoms with Crippen molar-refractivity contribution in [1.82, 2.24) is 4.57 Å². The van der Waals surface area contributed by atoms with E-state index in [4.69, 9.17) is 17.3 Å². The Morgan fingerprint density at radius 3 is 2.80 bits per heavy atom. The van der Waals surface area contributed by atoms with E-state index in [9.17, 15) is 0 Å². The molecule has 1 heterocycles. The second-order valence-corrected chi connectivity index (χ2v) is 3.90. The number of hydrogen-bond donors (Lipinski definition) is 1. The number of nitrogens with zero attached hydrogens (tertiary/aromatic N) is 1. The van der Waals surface area contributed by atoms with Crippen molar-refractivity contribution in [1.29, 1.82) is 0 Å². The predicted octanol–water partition coefficient (Wildman–Crippen LogP) is 2.75. The Morgan fingerprint density at radius 2 is 2.13 bits per heavy atom. The SMILES string of the molecule is Cl.Cn1cc(CCN)c2cc(Cl)ccc21. The first-order valence-electron chi connectivity index (χ1n) is 4.66. The highest BCUT2D eigenvalue weighted by Gasteiger charge is 2.05. The lowest BCUT2D eigenvalue weighted by atomic mass is 10.1. The molecule has 1 aromatic heterocycles. The van der Waals surface area contributed by atoms with E-state index in [1.54, 1.807) is 0 Å². The summed E-state index contributed by atoms with van der Waals surface area (Å²) in [7, 11) is 2.04. The van der Waals surface area contributed by atoms with Gasteiger partial charge in [0, 0.05) is 29.2 Å². The molecule has 2 rings (SSSR count). The van der Waals surface area contributed by atoms with Crippen LogP contribution in [0.1, 0.15) is 5.56 Å². The average molecular weight is 245 g/mol. The summed E-state index contributed by atoms with van der Waals surface area (Å²) >= 11 is 5.96. The number of nitrogens with two attached hydrogens (primary N) is 1. The fourth-order valence-corrected chi connectivity index (χ4v) is 1.97. The van der Waals surface area contributed by atoms with Crippen molar-refractivity contribution in [3.63, 3.8) is 0 Å². The number of rotatable bonds is 2. The monoisotopic (exact) mass is 244 g/mol. The van der Waals surface area contributed by atoms with Crippen LogP contribution in [0.4, 0.5) is 0 Å². The molecule has 0 bridgehead atoms. The predicted molar refractivity (Wildman–Crippen MR) is 67.9 cm³/mol. The average Bonchev–Trinajstić information content (AvgIpc) is 2.44. The Hall–Kier alpha value is -0.700. The molecule has 0 unspecified atom stereocenters. The summed E-state index contributed by atoms with van der Waals surface area (Å²) in [5.74, 6) is 0. The van der Waals surface area contributed by atoms with Gasteiger partial charge in [-0.25, -0.2) is 0 Å². The molecule has 0 aliphatic heterocycles. The first kappa shape index (κ1) is 12.4. The molecule has 1 aromatic carbocycles. The highest BCUT2D eigenvalue weighted by Crippen LogP contribution is 2.24. The molecule has 0 radical (unpaired) electrons. The van der Waals surface area contributed by atoms with E-state index in [1.807, 2.05) is 25.2 Å². The number of hydrogen-bond acceptors (Lipinski definition) is 1. The first-order chi connectivity index (χ1) is 6.72. The quantitative estimate of drug-likeness (QED) is 0.866. The van der Waals surface area contributed by atoms with Crippen LogP contribution in [-0.2, 0) is 13.5 Å². The molecular formula is C11H14Cl2N2. The topological polar surface area (TPSA) is 30.9 Å². The molecule has 2 aromatic rings. The molecule has 4 heteroatoms. The minimum absolute atomic E-state index is 0. The van der Waals surface area contributed by atoms with E-state index in [1.165, 1.54) is 16.5 Å². The standard InChI is InChI=1S/C11H13ClN2.ClH/c1-14-7-8(4-5-13)10-6-9(12)2-3-11(10)14;/h2-3,6-7H,4-5,13H2,1H3;1H. The fourth-order valence-electron chi connectivity index (χ4n) is 1.80. The van der Waals surface area contributed by atoms with E-state index in [0.29, 0.717) is 6.54 Å². The van der Waals surface area contributed by atoms with Gasteiger partial charge in [-0.05, 0) is 36.7 Å². The number of fused-ring (bicyclic) bond motifs is 1. The Kier molecular flexibility index (Phi) is 4.03. The van der Waals surface area contributed by atoms with Gasteiger partial charge in [0.25, 0.3) is 0 Å². The second-order valence-electron chi connectivity index (χ2n) is 3.47. The van der Waals surface area contributed by atoms with Crippen molar-refractivity contribution in [2.24, 2.45) is 12.8 Å². The number of aromatic nitrogens is 1. The number of halogens is 2. The zero-order valence-electron chi connectivity index (χ0n) is 8.53. The molecule has 0 aliphatic carbocycles. The van der Waals surface area contributed by atoms with E-state index >= 15 is 0 Å². The molecule has 2 nitrogen and oxygen atoms in total. The maximum Gasteiger partial charge on any atom is 0.0481 e. The van der Waals surface area contributed by atoms with Crippen LogP contribution in [0.15, 0.2) is 24.4 Å². The van der Waals surface area contributed by atoms with Crippen LogP contribution in [0.5, 0.6) is 0 Å². The van der Waals surface area contributed by atoms with Crippen LogP contribution in [0, 0.1) is 0 Å². The van der Waals surface area contributed by atoms with Crippen LogP contribution < -0.4 is 5.73 Å². The zero-order valence-corrected chi connectivity index (χ0v) is 10.1. The van der Waals surface area contributed by atoms with Crippen molar-refractivity contribution in [3.05, 3.63) is 35.0 Å². The van der Waals surface area contributed by atoms with Gasteiger partial charge in [-0.1, -0.05) is 11.6 Å². The summed E-state index contributed by atoms with van der Waals surface area (Å²) in [6, 6.07) is 5.95.